The molecular formula is C26H22N3. The smallest absolute Gasteiger partial charge is 0.0891 e. The fraction of sp³-hybridized carbons (Fsp3) is 0. The van der Waals surface area contributed by atoms with Crippen molar-refractivity contribution in [1.29, 1.82) is 0 Å². The lowest BCUT2D eigenvalue weighted by Gasteiger charge is -2.17. The van der Waals surface area contributed by atoms with Gasteiger partial charge in [0.15, 0.2) is 0 Å². The van der Waals surface area contributed by atoms with Crippen molar-refractivity contribution < 1.29 is 0 Å². The van der Waals surface area contributed by atoms with E-state index >= 15 is 0 Å². The second-order valence-corrected chi connectivity index (χ2v) is 6.52. The van der Waals surface area contributed by atoms with Crippen LogP contribution in [0.2, 0.25) is 0 Å². The molecule has 0 saturated heterocycles. The zero-order valence-corrected chi connectivity index (χ0v) is 16.0. The molecule has 0 heterocycles. The molecule has 0 saturated carbocycles. The summed E-state index contributed by atoms with van der Waals surface area (Å²) in [6, 6.07) is 38.5. The Bertz CT molecular complexity index is 1060. The third kappa shape index (κ3) is 5.05. The number of hydrogen-bond acceptors (Lipinski definition) is 3. The van der Waals surface area contributed by atoms with Crippen LogP contribution in [-0.4, -0.2) is 0 Å². The monoisotopic (exact) mass is 376 g/mol. The van der Waals surface area contributed by atoms with Gasteiger partial charge in [-0.05, 0) is 42.5 Å². The molecule has 0 atom stereocenters. The summed E-state index contributed by atoms with van der Waals surface area (Å²) in [5, 5.41) is 10.3. The first kappa shape index (κ1) is 18.4. The van der Waals surface area contributed by atoms with E-state index in [1.54, 1.807) is 0 Å². The van der Waals surface area contributed by atoms with Gasteiger partial charge in [0.05, 0.1) is 11.9 Å². The normalized spacial score (nSPS) is 11.0. The summed E-state index contributed by atoms with van der Waals surface area (Å²) in [6.45, 7) is 0. The minimum absolute atomic E-state index is 0.846. The Morgan fingerprint density at radius 3 is 1.69 bits per heavy atom. The summed E-state index contributed by atoms with van der Waals surface area (Å²) in [4.78, 5) is 0. The van der Waals surface area contributed by atoms with E-state index in [0.717, 1.165) is 34.0 Å². The summed E-state index contributed by atoms with van der Waals surface area (Å²) >= 11 is 0. The van der Waals surface area contributed by atoms with Crippen LogP contribution < -0.4 is 16.0 Å². The lowest BCUT2D eigenvalue weighted by molar-refractivity contribution is 1.45. The highest BCUT2D eigenvalue weighted by Crippen LogP contribution is 2.28. The molecule has 4 aromatic rings. The quantitative estimate of drug-likeness (QED) is 0.312. The first-order valence-electron chi connectivity index (χ1n) is 9.56. The van der Waals surface area contributed by atoms with Gasteiger partial charge in [-0.15, -0.1) is 0 Å². The highest BCUT2D eigenvalue weighted by atomic mass is 15.0. The molecular weight excluding hydrogens is 354 g/mol. The molecule has 29 heavy (non-hydrogen) atoms. The molecule has 0 spiro atoms. The van der Waals surface area contributed by atoms with Crippen molar-refractivity contribution in [3.05, 3.63) is 127 Å². The predicted octanol–water partition coefficient (Wildman–Crippen LogP) is 6.76. The van der Waals surface area contributed by atoms with E-state index in [0.29, 0.717) is 0 Å². The predicted molar refractivity (Wildman–Crippen MR) is 123 cm³/mol. The third-order valence-corrected chi connectivity index (χ3v) is 4.40. The largest absolute Gasteiger partial charge is 0.355 e. The van der Waals surface area contributed by atoms with Gasteiger partial charge in [0, 0.05) is 28.3 Å². The van der Waals surface area contributed by atoms with Crippen LogP contribution in [0.4, 0.5) is 22.7 Å². The Kier molecular flexibility index (Phi) is 5.89. The molecule has 1 radical (unpaired) electrons. The number of benzene rings is 4. The fourth-order valence-corrected chi connectivity index (χ4v) is 2.98. The Morgan fingerprint density at radius 2 is 1.03 bits per heavy atom. The molecule has 4 rings (SSSR count). The van der Waals surface area contributed by atoms with Gasteiger partial charge in [-0.1, -0.05) is 72.8 Å². The van der Waals surface area contributed by atoms with Crippen molar-refractivity contribution >= 4 is 28.4 Å². The molecule has 3 heteroatoms. The van der Waals surface area contributed by atoms with Gasteiger partial charge in [0.25, 0.3) is 0 Å². The molecule has 0 aliphatic carbocycles. The zero-order chi connectivity index (χ0) is 19.7. The minimum Gasteiger partial charge on any atom is -0.355 e. The Morgan fingerprint density at radius 1 is 0.517 bits per heavy atom. The Balaban J connectivity index is 1.69. The van der Waals surface area contributed by atoms with E-state index in [1.807, 2.05) is 91.0 Å². The standard InChI is InChI=1S/C26H22N3/c1-4-12-21(13-5-1)27-20-26(29-23-16-8-3-9-17-23)24-18-10-11-19-25(24)28-22-14-6-2-7-15-22/h1-19,27-29H. The van der Waals surface area contributed by atoms with Gasteiger partial charge >= 0.3 is 0 Å². The summed E-state index contributed by atoms with van der Waals surface area (Å²) < 4.78 is 0. The molecule has 0 unspecified atom stereocenters. The SMILES string of the molecule is [C](Nc1ccccc1)=C(Nc1ccccc1)c1ccccc1Nc1ccccc1. The molecule has 141 valence electrons. The summed E-state index contributed by atoms with van der Waals surface area (Å²) in [5.41, 5.74) is 5.88. The van der Waals surface area contributed by atoms with E-state index in [2.05, 4.69) is 46.4 Å². The molecule has 0 fully saturated rings. The highest BCUT2D eigenvalue weighted by molar-refractivity contribution is 5.84. The van der Waals surface area contributed by atoms with Crippen molar-refractivity contribution in [1.82, 2.24) is 0 Å². The van der Waals surface area contributed by atoms with E-state index < -0.39 is 0 Å². The Hall–Kier alpha value is -3.98. The maximum atomic E-state index is 3.51. The molecule has 0 aliphatic rings. The summed E-state index contributed by atoms with van der Waals surface area (Å²) in [7, 11) is 0. The van der Waals surface area contributed by atoms with Crippen molar-refractivity contribution in [2.45, 2.75) is 0 Å². The molecule has 0 aromatic heterocycles. The van der Waals surface area contributed by atoms with E-state index in [1.165, 1.54) is 0 Å². The molecule has 0 aliphatic heterocycles. The van der Waals surface area contributed by atoms with E-state index in [4.69, 9.17) is 0 Å². The molecule has 0 bridgehead atoms. The molecule has 3 N–H and O–H groups in total. The summed E-state index contributed by atoms with van der Waals surface area (Å²) in [5.74, 6) is 0. The van der Waals surface area contributed by atoms with Crippen LogP contribution in [0.25, 0.3) is 5.70 Å². The molecule has 4 aromatic carbocycles. The number of rotatable bonds is 7. The molecule has 3 nitrogen and oxygen atoms in total. The lowest BCUT2D eigenvalue weighted by Crippen LogP contribution is -2.05. The van der Waals surface area contributed by atoms with Crippen molar-refractivity contribution in [3.63, 3.8) is 0 Å². The molecule has 0 amide bonds. The van der Waals surface area contributed by atoms with E-state index in [9.17, 15) is 0 Å². The van der Waals surface area contributed by atoms with Gasteiger partial charge in [-0.25, -0.2) is 0 Å². The van der Waals surface area contributed by atoms with Crippen molar-refractivity contribution in [3.8, 4) is 0 Å². The van der Waals surface area contributed by atoms with Crippen LogP contribution in [-0.2, 0) is 0 Å². The Labute approximate surface area is 171 Å². The van der Waals surface area contributed by atoms with Gasteiger partial charge in [0.2, 0.25) is 0 Å². The average molecular weight is 376 g/mol. The third-order valence-electron chi connectivity index (χ3n) is 4.40. The van der Waals surface area contributed by atoms with Crippen LogP contribution >= 0.6 is 0 Å². The highest BCUT2D eigenvalue weighted by Gasteiger charge is 2.09. The van der Waals surface area contributed by atoms with Crippen molar-refractivity contribution in [2.24, 2.45) is 0 Å². The number of hydrogen-bond donors (Lipinski definition) is 3. The van der Waals surface area contributed by atoms with Gasteiger partial charge in [-0.2, -0.15) is 0 Å². The van der Waals surface area contributed by atoms with Crippen LogP contribution in [0.3, 0.4) is 0 Å². The lowest BCUT2D eigenvalue weighted by atomic mass is 10.1. The van der Waals surface area contributed by atoms with Gasteiger partial charge in [0.1, 0.15) is 0 Å². The first-order valence-corrected chi connectivity index (χ1v) is 9.56. The average Bonchev–Trinajstić information content (AvgIpc) is 2.79. The second kappa shape index (κ2) is 9.29. The second-order valence-electron chi connectivity index (χ2n) is 6.52. The van der Waals surface area contributed by atoms with Crippen molar-refractivity contribution in [2.75, 3.05) is 16.0 Å². The van der Waals surface area contributed by atoms with E-state index in [-0.39, 0.29) is 0 Å². The van der Waals surface area contributed by atoms with Crippen LogP contribution in [0.5, 0.6) is 0 Å². The first-order chi connectivity index (χ1) is 14.4. The van der Waals surface area contributed by atoms with Crippen LogP contribution in [0, 0.1) is 6.20 Å². The van der Waals surface area contributed by atoms with Gasteiger partial charge < -0.3 is 16.0 Å². The summed E-state index contributed by atoms with van der Waals surface area (Å²) in [6.07, 6.45) is 3.34. The maximum absolute atomic E-state index is 3.51. The maximum Gasteiger partial charge on any atom is 0.0891 e. The number of anilines is 4. The zero-order valence-electron chi connectivity index (χ0n) is 16.0. The van der Waals surface area contributed by atoms with Gasteiger partial charge in [-0.3, -0.25) is 0 Å². The topological polar surface area (TPSA) is 36.1 Å². The van der Waals surface area contributed by atoms with Crippen LogP contribution in [0.1, 0.15) is 5.56 Å². The van der Waals surface area contributed by atoms with Crippen LogP contribution in [0.15, 0.2) is 115 Å². The number of nitrogens with one attached hydrogen (secondary N) is 3. The fourth-order valence-electron chi connectivity index (χ4n) is 2.98. The number of para-hydroxylation sites is 4. The minimum atomic E-state index is 0.846.